The van der Waals surface area contributed by atoms with Gasteiger partial charge in [0.05, 0.1) is 6.04 Å². The second kappa shape index (κ2) is 10.8. The third-order valence-electron chi connectivity index (χ3n) is 5.62. The molecule has 0 bridgehead atoms. The van der Waals surface area contributed by atoms with E-state index in [2.05, 4.69) is 20.1 Å². The lowest BCUT2D eigenvalue weighted by atomic mass is 10.2. The summed E-state index contributed by atoms with van der Waals surface area (Å²) in [6.45, 7) is 8.11. The highest BCUT2D eigenvalue weighted by molar-refractivity contribution is 7.99. The normalized spacial score (nSPS) is 19.5. The van der Waals surface area contributed by atoms with Crippen molar-refractivity contribution in [3.8, 4) is 0 Å². The van der Waals surface area contributed by atoms with E-state index in [9.17, 15) is 9.18 Å². The van der Waals surface area contributed by atoms with Crippen molar-refractivity contribution in [2.24, 2.45) is 4.99 Å². The molecule has 1 aromatic rings. The summed E-state index contributed by atoms with van der Waals surface area (Å²) in [5.74, 6) is 1.86. The molecule has 2 fully saturated rings. The molecule has 2 aliphatic rings. The van der Waals surface area contributed by atoms with Crippen molar-refractivity contribution < 1.29 is 9.18 Å². The van der Waals surface area contributed by atoms with Crippen LogP contribution in [0.2, 0.25) is 0 Å². The highest BCUT2D eigenvalue weighted by atomic mass is 32.2. The van der Waals surface area contributed by atoms with E-state index in [1.807, 2.05) is 11.8 Å². The number of halogens is 1. The molecule has 2 saturated heterocycles. The summed E-state index contributed by atoms with van der Waals surface area (Å²) in [7, 11) is 1.81. The standard InChI is InChI=1S/C21H32FN5OS/c1-17(20(28)26-10-3-4-11-26)25-12-14-27(15-13-25)21(23-2)24-9-16-29-19-7-5-18(22)6-8-19/h5-8,17H,3-4,9-16H2,1-2H3,(H,23,24). The van der Waals surface area contributed by atoms with Crippen molar-refractivity contribution in [1.29, 1.82) is 0 Å². The molecule has 29 heavy (non-hydrogen) atoms. The average Bonchev–Trinajstić information content (AvgIpc) is 3.29. The van der Waals surface area contributed by atoms with E-state index in [1.54, 1.807) is 30.9 Å². The zero-order valence-electron chi connectivity index (χ0n) is 17.4. The van der Waals surface area contributed by atoms with Gasteiger partial charge in [-0.05, 0) is 44.0 Å². The van der Waals surface area contributed by atoms with Gasteiger partial charge in [-0.15, -0.1) is 11.8 Å². The predicted molar refractivity (Wildman–Crippen MR) is 117 cm³/mol. The van der Waals surface area contributed by atoms with Crippen LogP contribution >= 0.6 is 11.8 Å². The minimum Gasteiger partial charge on any atom is -0.355 e. The Morgan fingerprint density at radius 2 is 1.76 bits per heavy atom. The van der Waals surface area contributed by atoms with Gasteiger partial charge in [0.2, 0.25) is 5.91 Å². The molecule has 1 aromatic carbocycles. The highest BCUT2D eigenvalue weighted by Gasteiger charge is 2.30. The maximum atomic E-state index is 13.0. The lowest BCUT2D eigenvalue weighted by Crippen LogP contribution is -2.57. The number of amides is 1. The monoisotopic (exact) mass is 421 g/mol. The van der Waals surface area contributed by atoms with Gasteiger partial charge in [0.15, 0.2) is 5.96 Å². The topological polar surface area (TPSA) is 51.2 Å². The summed E-state index contributed by atoms with van der Waals surface area (Å²) in [5.41, 5.74) is 0. The molecule has 0 aliphatic carbocycles. The molecule has 1 atom stereocenters. The van der Waals surface area contributed by atoms with Crippen molar-refractivity contribution in [3.63, 3.8) is 0 Å². The molecular formula is C21H32FN5OS. The van der Waals surface area contributed by atoms with Crippen LogP contribution in [0.1, 0.15) is 19.8 Å². The molecule has 2 aliphatic heterocycles. The second-order valence-corrected chi connectivity index (χ2v) is 8.68. The maximum Gasteiger partial charge on any atom is 0.239 e. The van der Waals surface area contributed by atoms with Crippen molar-refractivity contribution in [1.82, 2.24) is 20.0 Å². The molecule has 1 N–H and O–H groups in total. The Balaban J connectivity index is 1.39. The Bertz CT molecular complexity index is 685. The third-order valence-corrected chi connectivity index (χ3v) is 6.63. The Morgan fingerprint density at radius 3 is 2.38 bits per heavy atom. The molecule has 8 heteroatoms. The zero-order valence-corrected chi connectivity index (χ0v) is 18.3. The smallest absolute Gasteiger partial charge is 0.239 e. The third kappa shape index (κ3) is 6.09. The van der Waals surface area contributed by atoms with E-state index >= 15 is 0 Å². The van der Waals surface area contributed by atoms with Gasteiger partial charge in [-0.2, -0.15) is 0 Å². The first-order valence-corrected chi connectivity index (χ1v) is 11.4. The van der Waals surface area contributed by atoms with Crippen LogP contribution in [-0.4, -0.2) is 91.2 Å². The van der Waals surface area contributed by atoms with Crippen molar-refractivity contribution in [2.75, 3.05) is 58.6 Å². The fourth-order valence-corrected chi connectivity index (χ4v) is 4.64. The highest BCUT2D eigenvalue weighted by Crippen LogP contribution is 2.17. The summed E-state index contributed by atoms with van der Waals surface area (Å²) in [4.78, 5) is 24.7. The second-order valence-electron chi connectivity index (χ2n) is 7.51. The summed E-state index contributed by atoms with van der Waals surface area (Å²) in [6.07, 6.45) is 2.27. The van der Waals surface area contributed by atoms with Gasteiger partial charge in [0.1, 0.15) is 5.82 Å². The number of guanidine groups is 1. The maximum absolute atomic E-state index is 13.0. The van der Waals surface area contributed by atoms with E-state index < -0.39 is 0 Å². The van der Waals surface area contributed by atoms with Gasteiger partial charge in [0, 0.05) is 63.5 Å². The SMILES string of the molecule is CN=C(NCCSc1ccc(F)cc1)N1CCN(C(C)C(=O)N2CCCC2)CC1. The molecule has 1 unspecified atom stereocenters. The molecule has 0 spiro atoms. The van der Waals surface area contributed by atoms with Gasteiger partial charge < -0.3 is 15.1 Å². The molecule has 3 rings (SSSR count). The van der Waals surface area contributed by atoms with Crippen LogP contribution in [0, 0.1) is 5.82 Å². The number of thioether (sulfide) groups is 1. The first-order chi connectivity index (χ1) is 14.1. The van der Waals surface area contributed by atoms with Crippen LogP contribution in [0.3, 0.4) is 0 Å². The minimum atomic E-state index is -0.205. The molecule has 6 nitrogen and oxygen atoms in total. The number of likely N-dealkylation sites (tertiary alicyclic amines) is 1. The number of benzene rings is 1. The minimum absolute atomic E-state index is 0.0441. The van der Waals surface area contributed by atoms with Crippen molar-refractivity contribution in [2.45, 2.75) is 30.7 Å². The number of nitrogens with one attached hydrogen (secondary N) is 1. The van der Waals surface area contributed by atoms with Crippen LogP contribution in [0.15, 0.2) is 34.2 Å². The molecule has 160 valence electrons. The summed E-state index contributed by atoms with van der Waals surface area (Å²) in [5, 5.41) is 3.42. The Morgan fingerprint density at radius 1 is 1.10 bits per heavy atom. The fraction of sp³-hybridized carbons (Fsp3) is 0.619. The van der Waals surface area contributed by atoms with Gasteiger partial charge >= 0.3 is 0 Å². The Labute approximate surface area is 177 Å². The predicted octanol–water partition coefficient (Wildman–Crippen LogP) is 2.12. The zero-order chi connectivity index (χ0) is 20.6. The van der Waals surface area contributed by atoms with Gasteiger partial charge in [0.25, 0.3) is 0 Å². The van der Waals surface area contributed by atoms with Crippen LogP contribution in [0.5, 0.6) is 0 Å². The van der Waals surface area contributed by atoms with Crippen LogP contribution < -0.4 is 5.32 Å². The number of nitrogens with zero attached hydrogens (tertiary/aromatic N) is 4. The Hall–Kier alpha value is -1.80. The number of carbonyl (C=O) groups excluding carboxylic acids is 1. The van der Waals surface area contributed by atoms with E-state index in [0.717, 1.165) is 75.3 Å². The summed E-state index contributed by atoms with van der Waals surface area (Å²) in [6, 6.07) is 6.54. The summed E-state index contributed by atoms with van der Waals surface area (Å²) >= 11 is 1.69. The molecule has 0 aromatic heterocycles. The number of piperazine rings is 1. The number of hydrogen-bond donors (Lipinski definition) is 1. The van der Waals surface area contributed by atoms with Gasteiger partial charge in [-0.1, -0.05) is 0 Å². The number of carbonyl (C=O) groups is 1. The fourth-order valence-electron chi connectivity index (χ4n) is 3.87. The van der Waals surface area contributed by atoms with Gasteiger partial charge in [-0.25, -0.2) is 4.39 Å². The lowest BCUT2D eigenvalue weighted by molar-refractivity contribution is -0.135. The van der Waals surface area contributed by atoms with Crippen molar-refractivity contribution in [3.05, 3.63) is 30.1 Å². The molecule has 0 saturated carbocycles. The lowest BCUT2D eigenvalue weighted by Gasteiger charge is -2.39. The van der Waals surface area contributed by atoms with Crippen LogP contribution in [0.4, 0.5) is 4.39 Å². The van der Waals surface area contributed by atoms with Gasteiger partial charge in [-0.3, -0.25) is 14.7 Å². The number of hydrogen-bond acceptors (Lipinski definition) is 4. The molecule has 1 amide bonds. The number of rotatable bonds is 6. The van der Waals surface area contributed by atoms with E-state index in [-0.39, 0.29) is 17.8 Å². The first-order valence-electron chi connectivity index (χ1n) is 10.5. The van der Waals surface area contributed by atoms with E-state index in [0.29, 0.717) is 0 Å². The number of aliphatic imine (C=N–C) groups is 1. The average molecular weight is 422 g/mol. The van der Waals surface area contributed by atoms with Crippen LogP contribution in [0.25, 0.3) is 0 Å². The summed E-state index contributed by atoms with van der Waals surface area (Å²) < 4.78 is 13.0. The molecule has 0 radical (unpaired) electrons. The van der Waals surface area contributed by atoms with E-state index in [1.165, 1.54) is 12.1 Å². The first kappa shape index (κ1) is 21.9. The van der Waals surface area contributed by atoms with Crippen molar-refractivity contribution >= 4 is 23.6 Å². The quantitative estimate of drug-likeness (QED) is 0.330. The Kier molecular flexibility index (Phi) is 8.18. The molecule has 2 heterocycles. The van der Waals surface area contributed by atoms with Crippen LogP contribution in [-0.2, 0) is 4.79 Å². The molecular weight excluding hydrogens is 389 g/mol. The largest absolute Gasteiger partial charge is 0.355 e. The van der Waals surface area contributed by atoms with E-state index in [4.69, 9.17) is 0 Å².